The third-order valence-corrected chi connectivity index (χ3v) is 4.69. The van der Waals surface area contributed by atoms with Crippen molar-refractivity contribution in [1.29, 1.82) is 0 Å². The molecule has 1 heterocycles. The quantitative estimate of drug-likeness (QED) is 0.860. The molecule has 1 saturated carbocycles. The minimum absolute atomic E-state index is 0.0955. The van der Waals surface area contributed by atoms with E-state index in [0.717, 1.165) is 30.4 Å². The molecule has 5 nitrogen and oxygen atoms in total. The van der Waals surface area contributed by atoms with E-state index in [4.69, 9.17) is 5.73 Å². The van der Waals surface area contributed by atoms with Gasteiger partial charge in [0.05, 0.1) is 5.92 Å². The van der Waals surface area contributed by atoms with E-state index >= 15 is 0 Å². The van der Waals surface area contributed by atoms with E-state index in [9.17, 15) is 14.7 Å². The summed E-state index contributed by atoms with van der Waals surface area (Å²) < 4.78 is 0. The summed E-state index contributed by atoms with van der Waals surface area (Å²) in [5.41, 5.74) is 7.76. The van der Waals surface area contributed by atoms with Crippen molar-refractivity contribution in [2.45, 2.75) is 37.8 Å². The highest BCUT2D eigenvalue weighted by Crippen LogP contribution is 2.34. The molecule has 1 amide bonds. The summed E-state index contributed by atoms with van der Waals surface area (Å²) in [5, 5.41) is 9.59. The van der Waals surface area contributed by atoms with Gasteiger partial charge in [-0.25, -0.2) is 4.79 Å². The monoisotopic (exact) mass is 288 g/mol. The molecule has 1 fully saturated rings. The van der Waals surface area contributed by atoms with Gasteiger partial charge >= 0.3 is 5.97 Å². The summed E-state index contributed by atoms with van der Waals surface area (Å²) >= 11 is 0. The lowest BCUT2D eigenvalue weighted by molar-refractivity contribution is -0.153. The molecule has 0 saturated heterocycles. The number of benzene rings is 1. The number of hydrogen-bond donors (Lipinski definition) is 2. The SMILES string of the molecule is NC1CCCC1C(=O)N1CCc2ccccc2C1C(=O)O. The molecule has 3 N–H and O–H groups in total. The Morgan fingerprint density at radius 3 is 2.67 bits per heavy atom. The Kier molecular flexibility index (Phi) is 3.68. The zero-order valence-corrected chi connectivity index (χ0v) is 11.9. The first kappa shape index (κ1) is 14.1. The summed E-state index contributed by atoms with van der Waals surface area (Å²) in [6, 6.07) is 6.46. The van der Waals surface area contributed by atoms with Crippen LogP contribution in [0.2, 0.25) is 0 Å². The molecule has 1 aromatic carbocycles. The normalized spacial score (nSPS) is 28.2. The van der Waals surface area contributed by atoms with Gasteiger partial charge in [-0.05, 0) is 30.4 Å². The van der Waals surface area contributed by atoms with Crippen molar-refractivity contribution in [1.82, 2.24) is 4.90 Å². The highest BCUT2D eigenvalue weighted by molar-refractivity contribution is 5.87. The second-order valence-corrected chi connectivity index (χ2v) is 5.92. The number of rotatable bonds is 2. The van der Waals surface area contributed by atoms with Crippen molar-refractivity contribution >= 4 is 11.9 Å². The minimum Gasteiger partial charge on any atom is -0.479 e. The molecule has 2 aliphatic rings. The van der Waals surface area contributed by atoms with Crippen LogP contribution in [0.3, 0.4) is 0 Å². The highest BCUT2D eigenvalue weighted by atomic mass is 16.4. The van der Waals surface area contributed by atoms with E-state index in [1.807, 2.05) is 24.3 Å². The number of nitrogens with zero attached hydrogens (tertiary/aromatic N) is 1. The molecule has 5 heteroatoms. The summed E-state index contributed by atoms with van der Waals surface area (Å²) in [7, 11) is 0. The summed E-state index contributed by atoms with van der Waals surface area (Å²) in [4.78, 5) is 25.9. The van der Waals surface area contributed by atoms with Gasteiger partial charge in [0.2, 0.25) is 5.91 Å². The van der Waals surface area contributed by atoms with E-state index in [1.54, 1.807) is 0 Å². The molecule has 3 unspecified atom stereocenters. The van der Waals surface area contributed by atoms with E-state index in [1.165, 1.54) is 4.90 Å². The number of fused-ring (bicyclic) bond motifs is 1. The van der Waals surface area contributed by atoms with Crippen LogP contribution in [-0.4, -0.2) is 34.5 Å². The average molecular weight is 288 g/mol. The smallest absolute Gasteiger partial charge is 0.331 e. The van der Waals surface area contributed by atoms with Crippen LogP contribution in [-0.2, 0) is 16.0 Å². The molecule has 0 bridgehead atoms. The van der Waals surface area contributed by atoms with Crippen molar-refractivity contribution in [2.24, 2.45) is 11.7 Å². The highest BCUT2D eigenvalue weighted by Gasteiger charge is 2.41. The van der Waals surface area contributed by atoms with Gasteiger partial charge in [0.25, 0.3) is 0 Å². The number of amides is 1. The van der Waals surface area contributed by atoms with Crippen molar-refractivity contribution in [3.05, 3.63) is 35.4 Å². The first-order valence-corrected chi connectivity index (χ1v) is 7.46. The van der Waals surface area contributed by atoms with E-state index < -0.39 is 12.0 Å². The maximum Gasteiger partial charge on any atom is 0.331 e. The second kappa shape index (κ2) is 5.48. The summed E-state index contributed by atoms with van der Waals surface area (Å²) in [6.07, 6.45) is 3.26. The summed E-state index contributed by atoms with van der Waals surface area (Å²) in [6.45, 7) is 0.454. The molecule has 3 rings (SSSR count). The van der Waals surface area contributed by atoms with Crippen LogP contribution in [0.1, 0.15) is 36.4 Å². The molecule has 3 atom stereocenters. The standard InChI is InChI=1S/C16H20N2O3/c17-13-7-3-6-12(13)15(19)18-9-8-10-4-1-2-5-11(10)14(18)16(20)21/h1-2,4-5,12-14H,3,6-9,17H2,(H,20,21). The van der Waals surface area contributed by atoms with Gasteiger partial charge in [-0.1, -0.05) is 30.7 Å². The van der Waals surface area contributed by atoms with Crippen LogP contribution in [0.5, 0.6) is 0 Å². The third-order valence-electron chi connectivity index (χ3n) is 4.69. The molecule has 0 aromatic heterocycles. The number of carbonyl (C=O) groups is 2. The zero-order chi connectivity index (χ0) is 15.0. The molecule has 1 aliphatic carbocycles. The van der Waals surface area contributed by atoms with Gasteiger partial charge in [-0.2, -0.15) is 0 Å². The van der Waals surface area contributed by atoms with Crippen molar-refractivity contribution in [3.63, 3.8) is 0 Å². The van der Waals surface area contributed by atoms with Gasteiger partial charge in [0.15, 0.2) is 6.04 Å². The number of aliphatic carboxylic acids is 1. The fraction of sp³-hybridized carbons (Fsp3) is 0.500. The Morgan fingerprint density at radius 2 is 2.00 bits per heavy atom. The van der Waals surface area contributed by atoms with E-state index in [0.29, 0.717) is 13.0 Å². The minimum atomic E-state index is -0.970. The van der Waals surface area contributed by atoms with E-state index in [2.05, 4.69) is 0 Å². The Balaban J connectivity index is 1.92. The Morgan fingerprint density at radius 1 is 1.24 bits per heavy atom. The molecular formula is C16H20N2O3. The fourth-order valence-electron chi connectivity index (χ4n) is 3.58. The number of hydrogen-bond acceptors (Lipinski definition) is 3. The first-order chi connectivity index (χ1) is 10.1. The fourth-order valence-corrected chi connectivity index (χ4v) is 3.58. The zero-order valence-electron chi connectivity index (χ0n) is 11.9. The van der Waals surface area contributed by atoms with Gasteiger partial charge in [-0.15, -0.1) is 0 Å². The molecule has 112 valence electrons. The lowest BCUT2D eigenvalue weighted by atomic mass is 9.90. The molecule has 0 radical (unpaired) electrons. The molecule has 21 heavy (non-hydrogen) atoms. The molecule has 0 spiro atoms. The van der Waals surface area contributed by atoms with Gasteiger partial charge < -0.3 is 15.7 Å². The van der Waals surface area contributed by atoms with Crippen LogP contribution in [0.25, 0.3) is 0 Å². The van der Waals surface area contributed by atoms with Crippen LogP contribution >= 0.6 is 0 Å². The predicted molar refractivity (Wildman–Crippen MR) is 77.6 cm³/mol. The van der Waals surface area contributed by atoms with Crippen molar-refractivity contribution in [2.75, 3.05) is 6.54 Å². The Hall–Kier alpha value is -1.88. The Bertz CT molecular complexity index is 572. The number of carbonyl (C=O) groups excluding carboxylic acids is 1. The second-order valence-electron chi connectivity index (χ2n) is 5.92. The Labute approximate surface area is 123 Å². The maximum atomic E-state index is 12.7. The average Bonchev–Trinajstić information content (AvgIpc) is 2.91. The van der Waals surface area contributed by atoms with E-state index in [-0.39, 0.29) is 17.9 Å². The van der Waals surface area contributed by atoms with Crippen molar-refractivity contribution in [3.8, 4) is 0 Å². The van der Waals surface area contributed by atoms with Gasteiger partial charge in [0, 0.05) is 12.6 Å². The maximum absolute atomic E-state index is 12.7. The lowest BCUT2D eigenvalue weighted by Gasteiger charge is -2.36. The summed E-state index contributed by atoms with van der Waals surface area (Å²) in [5.74, 6) is -1.29. The van der Waals surface area contributed by atoms with Crippen LogP contribution in [0.4, 0.5) is 0 Å². The molecule has 1 aliphatic heterocycles. The third kappa shape index (κ3) is 2.42. The van der Waals surface area contributed by atoms with Crippen molar-refractivity contribution < 1.29 is 14.7 Å². The molecule has 1 aromatic rings. The van der Waals surface area contributed by atoms with Crippen LogP contribution in [0.15, 0.2) is 24.3 Å². The van der Waals surface area contributed by atoms with Crippen LogP contribution < -0.4 is 5.73 Å². The number of carboxylic acids is 1. The lowest BCUT2D eigenvalue weighted by Crippen LogP contribution is -2.48. The number of nitrogens with two attached hydrogens (primary N) is 1. The predicted octanol–water partition coefficient (Wildman–Crippen LogP) is 1.32. The largest absolute Gasteiger partial charge is 0.479 e. The first-order valence-electron chi connectivity index (χ1n) is 7.46. The topological polar surface area (TPSA) is 83.6 Å². The number of carboxylic acid groups (broad SMARTS) is 1. The van der Waals surface area contributed by atoms with Crippen LogP contribution in [0, 0.1) is 5.92 Å². The van der Waals surface area contributed by atoms with Gasteiger partial charge in [0.1, 0.15) is 0 Å². The molecular weight excluding hydrogens is 268 g/mol. The van der Waals surface area contributed by atoms with Gasteiger partial charge in [-0.3, -0.25) is 4.79 Å².